The minimum atomic E-state index is -0.340. The van der Waals surface area contributed by atoms with Gasteiger partial charge in [0.15, 0.2) is 5.65 Å². The average molecular weight is 351 g/mol. The number of thioether (sulfide) groups is 1. The van der Waals surface area contributed by atoms with Crippen molar-refractivity contribution < 1.29 is 9.53 Å². The van der Waals surface area contributed by atoms with Crippen molar-refractivity contribution in [2.45, 2.75) is 30.7 Å². The van der Waals surface area contributed by atoms with E-state index in [0.29, 0.717) is 34.4 Å². The van der Waals surface area contributed by atoms with Crippen LogP contribution in [0.4, 0.5) is 0 Å². The molecule has 0 aliphatic carbocycles. The fraction of sp³-hybridized carbons (Fsp3) is 0.333. The third-order valence-electron chi connectivity index (χ3n) is 3.33. The van der Waals surface area contributed by atoms with E-state index in [1.54, 1.807) is 13.0 Å². The van der Waals surface area contributed by atoms with Crippen LogP contribution in [0.25, 0.3) is 22.1 Å². The number of carbonyl (C=O) groups is 1. The predicted molar refractivity (Wildman–Crippen MR) is 90.8 cm³/mol. The Morgan fingerprint density at radius 2 is 2.22 bits per heavy atom. The van der Waals surface area contributed by atoms with Crippen LogP contribution >= 0.6 is 23.4 Å². The van der Waals surface area contributed by atoms with Gasteiger partial charge in [-0.2, -0.15) is 0 Å². The van der Waals surface area contributed by atoms with Gasteiger partial charge in [0.05, 0.1) is 6.61 Å². The van der Waals surface area contributed by atoms with Gasteiger partial charge in [-0.05, 0) is 31.5 Å². The molecule has 1 N–H and O–H groups in total. The topological polar surface area (TPSA) is 80.8 Å². The summed E-state index contributed by atoms with van der Waals surface area (Å²) in [7, 11) is 0. The van der Waals surface area contributed by atoms with Crippen LogP contribution in [0.3, 0.4) is 0 Å². The van der Waals surface area contributed by atoms with Crippen LogP contribution in [0, 0.1) is 0 Å². The van der Waals surface area contributed by atoms with Gasteiger partial charge in [-0.25, -0.2) is 4.98 Å². The van der Waals surface area contributed by atoms with Crippen molar-refractivity contribution in [2.24, 2.45) is 0 Å². The molecular formula is C15H15ClN4O2S. The number of nitrogens with one attached hydrogen (secondary N) is 1. The number of hydrogen-bond acceptors (Lipinski definition) is 6. The standard InChI is InChI=1S/C15H15ClN4O2S/c1-3-11(14(21)22-4-2)23-15-18-13-12(19-20-15)9-7-8(16)5-6-10(9)17-13/h5-7,11H,3-4H2,1-2H3,(H,17,18,20). The molecule has 3 rings (SSSR count). The molecule has 0 aliphatic rings. The van der Waals surface area contributed by atoms with Crippen LogP contribution in [-0.2, 0) is 9.53 Å². The van der Waals surface area contributed by atoms with Crippen LogP contribution < -0.4 is 0 Å². The van der Waals surface area contributed by atoms with Crippen LogP contribution in [0.2, 0.25) is 5.02 Å². The summed E-state index contributed by atoms with van der Waals surface area (Å²) in [5, 5.41) is 9.96. The van der Waals surface area contributed by atoms with Gasteiger partial charge in [0.25, 0.3) is 0 Å². The van der Waals surface area contributed by atoms with Gasteiger partial charge in [-0.3, -0.25) is 4.79 Å². The molecule has 3 aromatic rings. The fourth-order valence-corrected chi connectivity index (χ4v) is 3.23. The molecule has 0 spiro atoms. The largest absolute Gasteiger partial charge is 0.465 e. The van der Waals surface area contributed by atoms with Crippen molar-refractivity contribution in [2.75, 3.05) is 6.61 Å². The molecule has 23 heavy (non-hydrogen) atoms. The zero-order chi connectivity index (χ0) is 16.4. The van der Waals surface area contributed by atoms with E-state index in [4.69, 9.17) is 16.3 Å². The number of fused-ring (bicyclic) bond motifs is 3. The third-order valence-corrected chi connectivity index (χ3v) is 4.75. The van der Waals surface area contributed by atoms with Crippen LogP contribution in [0.1, 0.15) is 20.3 Å². The van der Waals surface area contributed by atoms with Crippen molar-refractivity contribution in [3.05, 3.63) is 23.2 Å². The second-order valence-electron chi connectivity index (χ2n) is 4.87. The molecule has 8 heteroatoms. The summed E-state index contributed by atoms with van der Waals surface area (Å²) in [5.41, 5.74) is 2.18. The van der Waals surface area contributed by atoms with Crippen molar-refractivity contribution >= 4 is 51.4 Å². The molecule has 0 radical (unpaired) electrons. The molecule has 0 saturated heterocycles. The molecule has 0 bridgehead atoms. The first kappa shape index (κ1) is 16.0. The lowest BCUT2D eigenvalue weighted by atomic mass is 10.2. The summed E-state index contributed by atoms with van der Waals surface area (Å²) in [6, 6.07) is 5.50. The van der Waals surface area contributed by atoms with E-state index in [1.165, 1.54) is 11.8 Å². The second-order valence-corrected chi connectivity index (χ2v) is 6.48. The van der Waals surface area contributed by atoms with Crippen LogP contribution in [-0.4, -0.2) is 38.0 Å². The maximum atomic E-state index is 11.9. The highest BCUT2D eigenvalue weighted by Gasteiger charge is 2.21. The van der Waals surface area contributed by atoms with E-state index in [-0.39, 0.29) is 11.2 Å². The number of ether oxygens (including phenoxy) is 1. The number of nitrogens with zero attached hydrogens (tertiary/aromatic N) is 3. The van der Waals surface area contributed by atoms with E-state index >= 15 is 0 Å². The molecule has 6 nitrogen and oxygen atoms in total. The van der Waals surface area contributed by atoms with Crippen molar-refractivity contribution in [1.82, 2.24) is 20.2 Å². The van der Waals surface area contributed by atoms with Crippen molar-refractivity contribution in [3.8, 4) is 0 Å². The zero-order valence-corrected chi connectivity index (χ0v) is 14.2. The number of esters is 1. The Morgan fingerprint density at radius 3 is 2.96 bits per heavy atom. The molecule has 0 aliphatic heterocycles. The van der Waals surface area contributed by atoms with E-state index in [1.807, 2.05) is 19.1 Å². The SMILES string of the molecule is CCOC(=O)C(CC)Sc1nnc2c(n1)[nH]c1ccc(Cl)cc12. The third kappa shape index (κ3) is 3.25. The first-order valence-corrected chi connectivity index (χ1v) is 8.53. The van der Waals surface area contributed by atoms with Gasteiger partial charge >= 0.3 is 5.97 Å². The van der Waals surface area contributed by atoms with Crippen molar-refractivity contribution in [3.63, 3.8) is 0 Å². The molecule has 2 aromatic heterocycles. The maximum absolute atomic E-state index is 11.9. The molecule has 1 aromatic carbocycles. The molecule has 120 valence electrons. The average Bonchev–Trinajstić information content (AvgIpc) is 2.89. The second kappa shape index (κ2) is 6.72. The number of aromatic nitrogens is 4. The number of H-pyrrole nitrogens is 1. The smallest absolute Gasteiger partial charge is 0.319 e. The quantitative estimate of drug-likeness (QED) is 0.559. The van der Waals surface area contributed by atoms with Crippen LogP contribution in [0.5, 0.6) is 0 Å². The van der Waals surface area contributed by atoms with Gasteiger partial charge < -0.3 is 9.72 Å². The highest BCUT2D eigenvalue weighted by Crippen LogP contribution is 2.28. The first-order valence-electron chi connectivity index (χ1n) is 7.27. The summed E-state index contributed by atoms with van der Waals surface area (Å²) >= 11 is 7.28. The highest BCUT2D eigenvalue weighted by atomic mass is 35.5. The molecule has 0 fully saturated rings. The number of hydrogen-bond donors (Lipinski definition) is 1. The fourth-order valence-electron chi connectivity index (χ4n) is 2.24. The summed E-state index contributed by atoms with van der Waals surface area (Å²) in [6.45, 7) is 4.07. The van der Waals surface area contributed by atoms with Gasteiger partial charge in [0.2, 0.25) is 5.16 Å². The Morgan fingerprint density at radius 1 is 1.39 bits per heavy atom. The lowest BCUT2D eigenvalue weighted by Crippen LogP contribution is -2.19. The van der Waals surface area contributed by atoms with Gasteiger partial charge in [-0.1, -0.05) is 30.3 Å². The van der Waals surface area contributed by atoms with Gasteiger partial charge in [-0.15, -0.1) is 10.2 Å². The van der Waals surface area contributed by atoms with E-state index in [2.05, 4.69) is 20.2 Å². The van der Waals surface area contributed by atoms with Crippen molar-refractivity contribution in [1.29, 1.82) is 0 Å². The van der Waals surface area contributed by atoms with E-state index in [9.17, 15) is 4.79 Å². The summed E-state index contributed by atoms with van der Waals surface area (Å²) < 4.78 is 5.06. The maximum Gasteiger partial charge on any atom is 0.319 e. The molecule has 1 atom stereocenters. The number of halogens is 1. The number of rotatable bonds is 5. The Balaban J connectivity index is 1.93. The summed E-state index contributed by atoms with van der Waals surface area (Å²) in [6.07, 6.45) is 0.632. The molecule has 0 saturated carbocycles. The van der Waals surface area contributed by atoms with Gasteiger partial charge in [0, 0.05) is 15.9 Å². The number of carbonyl (C=O) groups excluding carboxylic acids is 1. The zero-order valence-electron chi connectivity index (χ0n) is 12.7. The van der Waals surface area contributed by atoms with E-state index in [0.717, 1.165) is 10.9 Å². The Bertz CT molecular complexity index is 867. The van der Waals surface area contributed by atoms with Crippen LogP contribution in [0.15, 0.2) is 23.4 Å². The monoisotopic (exact) mass is 350 g/mol. The Kier molecular flexibility index (Phi) is 4.68. The predicted octanol–water partition coefficient (Wildman–Crippen LogP) is 3.59. The number of aromatic amines is 1. The lowest BCUT2D eigenvalue weighted by Gasteiger charge is -2.11. The summed E-state index contributed by atoms with van der Waals surface area (Å²) in [4.78, 5) is 19.5. The van der Waals surface area contributed by atoms with Gasteiger partial charge in [0.1, 0.15) is 10.8 Å². The van der Waals surface area contributed by atoms with E-state index < -0.39 is 0 Å². The Hall–Kier alpha value is -1.86. The minimum absolute atomic E-state index is 0.257. The molecule has 1 unspecified atom stereocenters. The summed E-state index contributed by atoms with van der Waals surface area (Å²) in [5.74, 6) is -0.257. The lowest BCUT2D eigenvalue weighted by molar-refractivity contribution is -0.142. The normalized spacial score (nSPS) is 12.7. The molecule has 2 heterocycles. The molecular weight excluding hydrogens is 336 g/mol. The Labute approximate surface area is 142 Å². The molecule has 0 amide bonds. The highest BCUT2D eigenvalue weighted by molar-refractivity contribution is 8.00. The first-order chi connectivity index (χ1) is 11.1. The number of benzene rings is 1. The minimum Gasteiger partial charge on any atom is -0.465 e.